The SMILES string of the molecule is CCCC(CC)CCCCCC(C)C(=O)Nc1nc(C)cc(=O)[nH]1. The second-order valence-electron chi connectivity index (χ2n) is 6.83. The number of nitrogens with zero attached hydrogens (tertiary/aromatic N) is 1. The Kier molecular flexibility index (Phi) is 9.35. The van der Waals surface area contributed by atoms with Crippen LogP contribution < -0.4 is 10.9 Å². The third-order valence-corrected chi connectivity index (χ3v) is 4.58. The first-order chi connectivity index (χ1) is 11.5. The predicted octanol–water partition coefficient (Wildman–Crippen LogP) is 4.43. The predicted molar refractivity (Wildman–Crippen MR) is 99.2 cm³/mol. The molecule has 0 radical (unpaired) electrons. The van der Waals surface area contributed by atoms with E-state index in [9.17, 15) is 9.59 Å². The molecular formula is C19H33N3O2. The average molecular weight is 335 g/mol. The van der Waals surface area contributed by atoms with E-state index in [4.69, 9.17) is 0 Å². The van der Waals surface area contributed by atoms with Gasteiger partial charge in [0.1, 0.15) is 0 Å². The van der Waals surface area contributed by atoms with Gasteiger partial charge in [-0.25, -0.2) is 4.98 Å². The largest absolute Gasteiger partial charge is 0.296 e. The maximum atomic E-state index is 12.2. The molecule has 0 bridgehead atoms. The molecule has 0 aliphatic rings. The minimum Gasteiger partial charge on any atom is -0.296 e. The van der Waals surface area contributed by atoms with Crippen molar-refractivity contribution in [2.24, 2.45) is 11.8 Å². The van der Waals surface area contributed by atoms with E-state index in [1.165, 1.54) is 44.6 Å². The fourth-order valence-electron chi connectivity index (χ4n) is 3.03. The normalized spacial score (nSPS) is 13.5. The van der Waals surface area contributed by atoms with E-state index in [0.717, 1.165) is 18.8 Å². The number of amides is 1. The summed E-state index contributed by atoms with van der Waals surface area (Å²) in [6.45, 7) is 8.18. The first-order valence-corrected chi connectivity index (χ1v) is 9.35. The molecule has 136 valence electrons. The monoisotopic (exact) mass is 335 g/mol. The molecule has 0 aromatic carbocycles. The van der Waals surface area contributed by atoms with Gasteiger partial charge >= 0.3 is 0 Å². The molecule has 0 fully saturated rings. The van der Waals surface area contributed by atoms with Crippen molar-refractivity contribution in [2.45, 2.75) is 79.1 Å². The Balaban J connectivity index is 2.28. The van der Waals surface area contributed by atoms with Crippen molar-refractivity contribution >= 4 is 11.9 Å². The minimum absolute atomic E-state index is 0.0755. The average Bonchev–Trinajstić information content (AvgIpc) is 2.52. The summed E-state index contributed by atoms with van der Waals surface area (Å²) in [6, 6.07) is 1.40. The first kappa shape index (κ1) is 20.4. The smallest absolute Gasteiger partial charge is 0.252 e. The van der Waals surface area contributed by atoms with Gasteiger partial charge in [0, 0.05) is 17.7 Å². The van der Waals surface area contributed by atoms with Crippen molar-refractivity contribution in [2.75, 3.05) is 5.32 Å². The minimum atomic E-state index is -0.247. The number of aryl methyl sites for hydroxylation is 1. The van der Waals surface area contributed by atoms with Crippen LogP contribution in [0.15, 0.2) is 10.9 Å². The van der Waals surface area contributed by atoms with Crippen LogP contribution in [0.1, 0.15) is 77.8 Å². The Morgan fingerprint density at radius 3 is 2.54 bits per heavy atom. The lowest BCUT2D eigenvalue weighted by Gasteiger charge is -2.14. The van der Waals surface area contributed by atoms with E-state index in [2.05, 4.69) is 29.1 Å². The lowest BCUT2D eigenvalue weighted by molar-refractivity contribution is -0.119. The zero-order chi connectivity index (χ0) is 17.9. The van der Waals surface area contributed by atoms with Crippen LogP contribution in [0.3, 0.4) is 0 Å². The number of H-pyrrole nitrogens is 1. The van der Waals surface area contributed by atoms with Gasteiger partial charge in [-0.05, 0) is 19.3 Å². The van der Waals surface area contributed by atoms with E-state index < -0.39 is 0 Å². The number of hydrogen-bond acceptors (Lipinski definition) is 3. The summed E-state index contributed by atoms with van der Waals surface area (Å²) in [4.78, 5) is 30.2. The molecule has 1 aromatic rings. The third kappa shape index (κ3) is 7.75. The summed E-state index contributed by atoms with van der Waals surface area (Å²) in [5.41, 5.74) is 0.349. The molecule has 2 atom stereocenters. The molecule has 5 heteroatoms. The van der Waals surface area contributed by atoms with Crippen LogP contribution in [-0.4, -0.2) is 15.9 Å². The van der Waals surface area contributed by atoms with Gasteiger partial charge in [0.25, 0.3) is 5.56 Å². The second kappa shape index (κ2) is 11.0. The highest BCUT2D eigenvalue weighted by atomic mass is 16.2. The third-order valence-electron chi connectivity index (χ3n) is 4.58. The number of aromatic nitrogens is 2. The van der Waals surface area contributed by atoms with Crippen LogP contribution in [0, 0.1) is 18.8 Å². The van der Waals surface area contributed by atoms with Crippen LogP contribution in [0.5, 0.6) is 0 Å². The van der Waals surface area contributed by atoms with Crippen molar-refractivity contribution in [1.82, 2.24) is 9.97 Å². The number of aromatic amines is 1. The summed E-state index contributed by atoms with van der Waals surface area (Å²) >= 11 is 0. The number of nitrogens with one attached hydrogen (secondary N) is 2. The number of carbonyl (C=O) groups excluding carboxylic acids is 1. The van der Waals surface area contributed by atoms with E-state index in [0.29, 0.717) is 5.69 Å². The van der Waals surface area contributed by atoms with E-state index in [-0.39, 0.29) is 23.3 Å². The zero-order valence-electron chi connectivity index (χ0n) is 15.7. The number of rotatable bonds is 11. The molecule has 0 spiro atoms. The highest BCUT2D eigenvalue weighted by Crippen LogP contribution is 2.20. The van der Waals surface area contributed by atoms with Gasteiger partial charge < -0.3 is 0 Å². The van der Waals surface area contributed by atoms with Gasteiger partial charge in [0.2, 0.25) is 11.9 Å². The van der Waals surface area contributed by atoms with Crippen LogP contribution >= 0.6 is 0 Å². The second-order valence-corrected chi connectivity index (χ2v) is 6.83. The molecule has 0 aliphatic heterocycles. The Morgan fingerprint density at radius 2 is 1.92 bits per heavy atom. The summed E-state index contributed by atoms with van der Waals surface area (Å²) in [6.07, 6.45) is 9.54. The van der Waals surface area contributed by atoms with E-state index in [1.807, 2.05) is 6.92 Å². The number of unbranched alkanes of at least 4 members (excludes halogenated alkanes) is 2. The zero-order valence-corrected chi connectivity index (χ0v) is 15.7. The molecule has 0 saturated heterocycles. The Labute approximate surface area is 145 Å². The highest BCUT2D eigenvalue weighted by Gasteiger charge is 2.14. The molecule has 1 heterocycles. The summed E-state index contributed by atoms with van der Waals surface area (Å²) < 4.78 is 0. The summed E-state index contributed by atoms with van der Waals surface area (Å²) in [5, 5.41) is 2.70. The van der Waals surface area contributed by atoms with Crippen molar-refractivity contribution in [3.05, 3.63) is 22.1 Å². The van der Waals surface area contributed by atoms with Gasteiger partial charge in [0.15, 0.2) is 0 Å². The van der Waals surface area contributed by atoms with Crippen molar-refractivity contribution in [3.63, 3.8) is 0 Å². The maximum Gasteiger partial charge on any atom is 0.252 e. The maximum absolute atomic E-state index is 12.2. The van der Waals surface area contributed by atoms with E-state index >= 15 is 0 Å². The quantitative estimate of drug-likeness (QED) is 0.587. The van der Waals surface area contributed by atoms with Crippen molar-refractivity contribution in [3.8, 4) is 0 Å². The number of anilines is 1. The van der Waals surface area contributed by atoms with Crippen LogP contribution in [0.4, 0.5) is 5.95 Å². The van der Waals surface area contributed by atoms with Crippen molar-refractivity contribution < 1.29 is 4.79 Å². The molecule has 1 amide bonds. The lowest BCUT2D eigenvalue weighted by Crippen LogP contribution is -2.23. The molecule has 2 N–H and O–H groups in total. The number of hydrogen-bond donors (Lipinski definition) is 2. The molecule has 5 nitrogen and oxygen atoms in total. The Bertz CT molecular complexity index is 554. The molecular weight excluding hydrogens is 302 g/mol. The standard InChI is InChI=1S/C19H33N3O2/c1-5-10-16(6-2)12-9-7-8-11-14(3)18(24)22-19-20-15(4)13-17(23)21-19/h13-14,16H,5-12H2,1-4H3,(H2,20,21,22,23,24). The molecule has 24 heavy (non-hydrogen) atoms. The van der Waals surface area contributed by atoms with Gasteiger partial charge in [-0.15, -0.1) is 0 Å². The fraction of sp³-hybridized carbons (Fsp3) is 0.737. The first-order valence-electron chi connectivity index (χ1n) is 9.35. The van der Waals surface area contributed by atoms with Crippen LogP contribution in [-0.2, 0) is 4.79 Å². The van der Waals surface area contributed by atoms with Gasteiger partial charge in [0.05, 0.1) is 0 Å². The lowest BCUT2D eigenvalue weighted by atomic mass is 9.93. The topological polar surface area (TPSA) is 74.8 Å². The van der Waals surface area contributed by atoms with Crippen LogP contribution in [0.2, 0.25) is 0 Å². The molecule has 0 aliphatic carbocycles. The molecule has 1 aromatic heterocycles. The molecule has 0 saturated carbocycles. The fourth-order valence-corrected chi connectivity index (χ4v) is 3.03. The summed E-state index contributed by atoms with van der Waals surface area (Å²) in [5.74, 6) is 0.941. The molecule has 2 unspecified atom stereocenters. The van der Waals surface area contributed by atoms with E-state index in [1.54, 1.807) is 6.92 Å². The van der Waals surface area contributed by atoms with Gasteiger partial charge in [-0.1, -0.05) is 65.7 Å². The van der Waals surface area contributed by atoms with Crippen LogP contribution in [0.25, 0.3) is 0 Å². The van der Waals surface area contributed by atoms with Crippen molar-refractivity contribution in [1.29, 1.82) is 0 Å². The highest BCUT2D eigenvalue weighted by molar-refractivity contribution is 5.90. The Morgan fingerprint density at radius 1 is 1.21 bits per heavy atom. The van der Waals surface area contributed by atoms with Gasteiger partial charge in [-0.2, -0.15) is 0 Å². The number of carbonyl (C=O) groups is 1. The molecule has 1 rings (SSSR count). The van der Waals surface area contributed by atoms with Gasteiger partial charge in [-0.3, -0.25) is 19.9 Å². The summed E-state index contributed by atoms with van der Waals surface area (Å²) in [7, 11) is 0. The Hall–Kier alpha value is -1.65.